The van der Waals surface area contributed by atoms with Crippen molar-refractivity contribution in [1.82, 2.24) is 4.90 Å². The second kappa shape index (κ2) is 4.81. The lowest BCUT2D eigenvalue weighted by atomic mass is 10.1. The first kappa shape index (κ1) is 11.3. The fourth-order valence-corrected chi connectivity index (χ4v) is 2.89. The average molecular weight is 239 g/mol. The summed E-state index contributed by atoms with van der Waals surface area (Å²) in [4.78, 5) is 14.3. The molecule has 0 aliphatic carbocycles. The predicted octanol–water partition coefficient (Wildman–Crippen LogP) is 3.02. The quantitative estimate of drug-likeness (QED) is 0.574. The van der Waals surface area contributed by atoms with Gasteiger partial charge in [0.05, 0.1) is 6.04 Å². The van der Waals surface area contributed by atoms with Gasteiger partial charge in [0.25, 0.3) is 0 Å². The number of nitrogens with zero attached hydrogens (tertiary/aromatic N) is 1. The minimum Gasteiger partial charge on any atom is -0.329 e. The maximum atomic E-state index is 12.2. The fraction of sp³-hybridized carbons (Fsp3) is 0.312. The van der Waals surface area contributed by atoms with Gasteiger partial charge < -0.3 is 4.90 Å². The highest BCUT2D eigenvalue weighted by atomic mass is 16.2. The lowest BCUT2D eigenvalue weighted by Crippen LogP contribution is -2.41. The summed E-state index contributed by atoms with van der Waals surface area (Å²) in [7, 11) is 0. The van der Waals surface area contributed by atoms with Gasteiger partial charge in [0.15, 0.2) is 0 Å². The molecule has 1 fully saturated rings. The second-order valence-corrected chi connectivity index (χ2v) is 4.95. The molecule has 2 nitrogen and oxygen atoms in total. The number of hydrogen-bond donors (Lipinski definition) is 0. The van der Waals surface area contributed by atoms with Crippen LogP contribution >= 0.6 is 0 Å². The molecule has 1 aromatic rings. The highest BCUT2D eigenvalue weighted by molar-refractivity contribution is 5.92. The molecule has 1 aromatic carbocycles. The summed E-state index contributed by atoms with van der Waals surface area (Å²) in [5.41, 5.74) is 1.07. The summed E-state index contributed by atoms with van der Waals surface area (Å²) < 4.78 is 0. The minimum absolute atomic E-state index is 0.149. The fourth-order valence-electron chi connectivity index (χ4n) is 2.89. The van der Waals surface area contributed by atoms with Crippen molar-refractivity contribution in [3.63, 3.8) is 0 Å². The third-order valence-electron chi connectivity index (χ3n) is 3.79. The molecule has 2 bridgehead atoms. The van der Waals surface area contributed by atoms with Crippen molar-refractivity contribution in [3.8, 4) is 0 Å². The van der Waals surface area contributed by atoms with Crippen molar-refractivity contribution in [1.29, 1.82) is 0 Å². The number of rotatable bonds is 2. The number of hydrogen-bond acceptors (Lipinski definition) is 1. The number of fused-ring (bicyclic) bond motifs is 2. The molecule has 1 saturated heterocycles. The Bertz CT molecular complexity index is 489. The molecule has 0 N–H and O–H groups in total. The standard InChI is InChI=1S/C16H17NO/c18-16(12-9-13-5-2-1-3-6-13)17-14-7-4-8-15(17)11-10-14/h1-7,9,12,14-15H,8,10-11H2/b12-9+. The summed E-state index contributed by atoms with van der Waals surface area (Å²) in [6, 6.07) is 10.7. The van der Waals surface area contributed by atoms with E-state index in [9.17, 15) is 4.79 Å². The summed E-state index contributed by atoms with van der Waals surface area (Å²) in [6.45, 7) is 0. The lowest BCUT2D eigenvalue weighted by Gasteiger charge is -2.30. The van der Waals surface area contributed by atoms with Crippen LogP contribution in [-0.2, 0) is 4.79 Å². The summed E-state index contributed by atoms with van der Waals surface area (Å²) in [5.74, 6) is 0.149. The van der Waals surface area contributed by atoms with Gasteiger partial charge >= 0.3 is 0 Å². The SMILES string of the molecule is O=C(/C=C/c1ccccc1)N1C2C=CCC1CC2. The Morgan fingerprint density at radius 2 is 2.06 bits per heavy atom. The van der Waals surface area contributed by atoms with Crippen LogP contribution in [0, 0.1) is 0 Å². The molecule has 2 unspecified atom stereocenters. The van der Waals surface area contributed by atoms with E-state index >= 15 is 0 Å². The third kappa shape index (κ3) is 2.10. The molecular weight excluding hydrogens is 222 g/mol. The minimum atomic E-state index is 0.149. The van der Waals surface area contributed by atoms with Crippen LogP contribution < -0.4 is 0 Å². The topological polar surface area (TPSA) is 20.3 Å². The first-order chi connectivity index (χ1) is 8.84. The van der Waals surface area contributed by atoms with Crippen LogP contribution in [0.1, 0.15) is 24.8 Å². The molecule has 2 atom stereocenters. The Kier molecular flexibility index (Phi) is 3.01. The number of benzene rings is 1. The Balaban J connectivity index is 1.73. The average Bonchev–Trinajstić information content (AvgIpc) is 2.67. The number of carbonyl (C=O) groups excluding carboxylic acids is 1. The van der Waals surface area contributed by atoms with E-state index in [1.165, 1.54) is 0 Å². The van der Waals surface area contributed by atoms with Gasteiger partial charge in [-0.3, -0.25) is 4.79 Å². The smallest absolute Gasteiger partial charge is 0.247 e. The van der Waals surface area contributed by atoms with E-state index in [0.29, 0.717) is 12.1 Å². The van der Waals surface area contributed by atoms with Crippen LogP contribution in [-0.4, -0.2) is 22.9 Å². The Morgan fingerprint density at radius 3 is 2.83 bits per heavy atom. The van der Waals surface area contributed by atoms with E-state index in [0.717, 1.165) is 24.8 Å². The Morgan fingerprint density at radius 1 is 1.22 bits per heavy atom. The third-order valence-corrected chi connectivity index (χ3v) is 3.79. The zero-order valence-corrected chi connectivity index (χ0v) is 10.3. The summed E-state index contributed by atoms with van der Waals surface area (Å²) in [5, 5.41) is 0. The lowest BCUT2D eigenvalue weighted by molar-refractivity contribution is -0.128. The molecule has 18 heavy (non-hydrogen) atoms. The normalized spacial score (nSPS) is 25.9. The van der Waals surface area contributed by atoms with Crippen molar-refractivity contribution in [2.75, 3.05) is 0 Å². The second-order valence-electron chi connectivity index (χ2n) is 4.95. The largest absolute Gasteiger partial charge is 0.329 e. The van der Waals surface area contributed by atoms with E-state index < -0.39 is 0 Å². The Labute approximate surface area is 108 Å². The molecule has 3 rings (SSSR count). The summed E-state index contributed by atoms with van der Waals surface area (Å²) in [6.07, 6.45) is 11.3. The van der Waals surface area contributed by atoms with Gasteiger partial charge in [0.1, 0.15) is 0 Å². The van der Waals surface area contributed by atoms with Crippen molar-refractivity contribution in [3.05, 3.63) is 54.1 Å². The molecule has 2 aliphatic heterocycles. The maximum absolute atomic E-state index is 12.2. The van der Waals surface area contributed by atoms with Crippen LogP contribution in [0.25, 0.3) is 6.08 Å². The van der Waals surface area contributed by atoms with Gasteiger partial charge in [-0.25, -0.2) is 0 Å². The monoisotopic (exact) mass is 239 g/mol. The van der Waals surface area contributed by atoms with Crippen LogP contribution in [0.4, 0.5) is 0 Å². The zero-order valence-electron chi connectivity index (χ0n) is 10.3. The van der Waals surface area contributed by atoms with Crippen molar-refractivity contribution >= 4 is 12.0 Å². The molecule has 0 spiro atoms. The first-order valence-corrected chi connectivity index (χ1v) is 6.57. The maximum Gasteiger partial charge on any atom is 0.247 e. The molecule has 2 heterocycles. The van der Waals surface area contributed by atoms with Crippen LogP contribution in [0.15, 0.2) is 48.6 Å². The zero-order chi connectivity index (χ0) is 12.4. The van der Waals surface area contributed by atoms with E-state index in [2.05, 4.69) is 12.2 Å². The molecule has 2 aliphatic rings. The van der Waals surface area contributed by atoms with E-state index in [-0.39, 0.29) is 5.91 Å². The molecule has 1 amide bonds. The van der Waals surface area contributed by atoms with Crippen molar-refractivity contribution in [2.24, 2.45) is 0 Å². The van der Waals surface area contributed by atoms with Crippen molar-refractivity contribution < 1.29 is 4.79 Å². The van der Waals surface area contributed by atoms with Gasteiger partial charge in [0.2, 0.25) is 5.91 Å². The van der Waals surface area contributed by atoms with E-state index in [1.807, 2.05) is 41.3 Å². The van der Waals surface area contributed by atoms with Crippen LogP contribution in [0.3, 0.4) is 0 Å². The molecule has 0 aromatic heterocycles. The number of carbonyl (C=O) groups is 1. The highest BCUT2D eigenvalue weighted by Crippen LogP contribution is 2.31. The highest BCUT2D eigenvalue weighted by Gasteiger charge is 2.35. The van der Waals surface area contributed by atoms with E-state index in [4.69, 9.17) is 0 Å². The number of amides is 1. The summed E-state index contributed by atoms with van der Waals surface area (Å²) >= 11 is 0. The first-order valence-electron chi connectivity index (χ1n) is 6.57. The van der Waals surface area contributed by atoms with Crippen LogP contribution in [0.5, 0.6) is 0 Å². The molecular formula is C16H17NO. The van der Waals surface area contributed by atoms with Gasteiger partial charge in [0, 0.05) is 12.1 Å². The van der Waals surface area contributed by atoms with Gasteiger partial charge in [-0.05, 0) is 30.9 Å². The van der Waals surface area contributed by atoms with Crippen LogP contribution in [0.2, 0.25) is 0 Å². The van der Waals surface area contributed by atoms with Gasteiger partial charge in [-0.15, -0.1) is 0 Å². The molecule has 92 valence electrons. The van der Waals surface area contributed by atoms with E-state index in [1.54, 1.807) is 6.08 Å². The van der Waals surface area contributed by atoms with Crippen molar-refractivity contribution in [2.45, 2.75) is 31.3 Å². The van der Waals surface area contributed by atoms with Gasteiger partial charge in [-0.1, -0.05) is 42.5 Å². The molecule has 2 heteroatoms. The molecule has 0 radical (unpaired) electrons. The Hall–Kier alpha value is -1.83. The van der Waals surface area contributed by atoms with Gasteiger partial charge in [-0.2, -0.15) is 0 Å². The predicted molar refractivity (Wildman–Crippen MR) is 72.9 cm³/mol. The molecule has 0 saturated carbocycles.